The molecular formula is C8H16N. The number of rotatable bonds is 2. The Hall–Kier alpha value is -0.0400. The van der Waals surface area contributed by atoms with E-state index in [4.69, 9.17) is 0 Å². The van der Waals surface area contributed by atoms with Crippen LogP contribution in [-0.4, -0.2) is 23.0 Å². The molecule has 0 amide bonds. The minimum Gasteiger partial charge on any atom is -0.292 e. The summed E-state index contributed by atoms with van der Waals surface area (Å²) in [6, 6.07) is 0.542. The number of nitrogens with zero attached hydrogens (tertiary/aromatic N) is 1. The molecule has 1 fully saturated rings. The highest BCUT2D eigenvalue weighted by atomic mass is 15.4. The first-order valence-electron chi connectivity index (χ1n) is 3.68. The molecule has 0 aromatic rings. The second-order valence-corrected chi connectivity index (χ2v) is 3.50. The van der Waals surface area contributed by atoms with Gasteiger partial charge >= 0.3 is 0 Å². The van der Waals surface area contributed by atoms with E-state index < -0.39 is 0 Å². The van der Waals surface area contributed by atoms with Gasteiger partial charge in [-0.25, -0.2) is 0 Å². The molecule has 2 atom stereocenters. The smallest absolute Gasteiger partial charge is 0.0284 e. The summed E-state index contributed by atoms with van der Waals surface area (Å²) in [4.78, 5) is 2.42. The standard InChI is InChI=1S/C8H16N/c1-5-7(2)9-6-8(9,3)4/h7H,2,5-6H2,1,3-4H3. The minimum absolute atomic E-state index is 0.461. The maximum atomic E-state index is 4.04. The monoisotopic (exact) mass is 126 g/mol. The fourth-order valence-corrected chi connectivity index (χ4v) is 1.23. The Kier molecular flexibility index (Phi) is 1.55. The summed E-state index contributed by atoms with van der Waals surface area (Å²) in [6.07, 6.45) is 1.17. The average Bonchev–Trinajstić information content (AvgIpc) is 2.38. The van der Waals surface area contributed by atoms with Crippen molar-refractivity contribution in [3.63, 3.8) is 0 Å². The molecule has 0 bridgehead atoms. The Morgan fingerprint density at radius 3 is 2.22 bits per heavy atom. The van der Waals surface area contributed by atoms with E-state index in [0.29, 0.717) is 11.6 Å². The fourth-order valence-electron chi connectivity index (χ4n) is 1.23. The third-order valence-corrected chi connectivity index (χ3v) is 2.14. The van der Waals surface area contributed by atoms with Crippen LogP contribution in [0, 0.1) is 6.92 Å². The summed E-state index contributed by atoms with van der Waals surface area (Å²) in [5, 5.41) is 0. The highest BCUT2D eigenvalue weighted by molar-refractivity contribution is 5.03. The molecule has 0 aromatic carbocycles. The normalized spacial score (nSPS) is 34.0. The summed E-state index contributed by atoms with van der Waals surface area (Å²) in [7, 11) is 0. The van der Waals surface area contributed by atoms with Crippen LogP contribution in [0.1, 0.15) is 27.2 Å². The number of hydrogen-bond donors (Lipinski definition) is 0. The summed E-state index contributed by atoms with van der Waals surface area (Å²) in [6.45, 7) is 12.0. The van der Waals surface area contributed by atoms with Crippen LogP contribution in [0.2, 0.25) is 0 Å². The first-order chi connectivity index (χ1) is 4.08. The largest absolute Gasteiger partial charge is 0.292 e. The third-order valence-electron chi connectivity index (χ3n) is 2.14. The van der Waals surface area contributed by atoms with E-state index in [1.54, 1.807) is 0 Å². The Morgan fingerprint density at radius 1 is 1.67 bits per heavy atom. The maximum absolute atomic E-state index is 4.04. The van der Waals surface area contributed by atoms with Crippen molar-refractivity contribution in [1.29, 1.82) is 0 Å². The van der Waals surface area contributed by atoms with Gasteiger partial charge in [0.05, 0.1) is 0 Å². The molecule has 0 aliphatic carbocycles. The van der Waals surface area contributed by atoms with Crippen LogP contribution in [0.3, 0.4) is 0 Å². The van der Waals surface area contributed by atoms with E-state index in [2.05, 4.69) is 32.6 Å². The molecule has 1 nitrogen and oxygen atoms in total. The van der Waals surface area contributed by atoms with Crippen molar-refractivity contribution in [3.05, 3.63) is 6.92 Å². The van der Waals surface area contributed by atoms with E-state index in [1.807, 2.05) is 0 Å². The molecule has 1 saturated heterocycles. The number of hydrogen-bond acceptors (Lipinski definition) is 1. The highest BCUT2D eigenvalue weighted by Crippen LogP contribution is 2.33. The van der Waals surface area contributed by atoms with Gasteiger partial charge in [0.2, 0.25) is 0 Å². The maximum Gasteiger partial charge on any atom is 0.0284 e. The molecule has 1 aliphatic heterocycles. The van der Waals surface area contributed by atoms with Gasteiger partial charge in [-0.2, -0.15) is 0 Å². The molecule has 0 saturated carbocycles. The van der Waals surface area contributed by atoms with Crippen LogP contribution in [0.5, 0.6) is 0 Å². The first kappa shape index (κ1) is 7.07. The summed E-state index contributed by atoms with van der Waals surface area (Å²) in [5.74, 6) is 0. The molecule has 1 aliphatic rings. The van der Waals surface area contributed by atoms with Gasteiger partial charge in [-0.15, -0.1) is 0 Å². The van der Waals surface area contributed by atoms with Gasteiger partial charge in [0.15, 0.2) is 0 Å². The molecule has 1 rings (SSSR count). The minimum atomic E-state index is 0.461. The van der Waals surface area contributed by atoms with Crippen molar-refractivity contribution in [2.75, 3.05) is 6.54 Å². The Labute approximate surface area is 58.0 Å². The lowest BCUT2D eigenvalue weighted by Crippen LogP contribution is -2.19. The lowest BCUT2D eigenvalue weighted by atomic mass is 10.2. The SMILES string of the molecule is [CH2]C(CC)N1CC1(C)C. The van der Waals surface area contributed by atoms with Gasteiger partial charge in [-0.1, -0.05) is 6.92 Å². The van der Waals surface area contributed by atoms with Crippen molar-refractivity contribution < 1.29 is 0 Å². The molecule has 2 unspecified atom stereocenters. The lowest BCUT2D eigenvalue weighted by Gasteiger charge is -2.12. The van der Waals surface area contributed by atoms with Crippen LogP contribution in [-0.2, 0) is 0 Å². The van der Waals surface area contributed by atoms with Gasteiger partial charge in [0, 0.05) is 18.1 Å². The zero-order chi connectivity index (χ0) is 7.07. The van der Waals surface area contributed by atoms with Gasteiger partial charge in [0.1, 0.15) is 0 Å². The summed E-state index contributed by atoms with van der Waals surface area (Å²) < 4.78 is 0. The lowest BCUT2D eigenvalue weighted by molar-refractivity contribution is 0.374. The van der Waals surface area contributed by atoms with Crippen LogP contribution >= 0.6 is 0 Å². The third kappa shape index (κ3) is 1.26. The van der Waals surface area contributed by atoms with Crippen molar-refractivity contribution in [2.24, 2.45) is 0 Å². The molecule has 1 radical (unpaired) electrons. The summed E-state index contributed by atoms with van der Waals surface area (Å²) >= 11 is 0. The molecular weight excluding hydrogens is 110 g/mol. The molecule has 0 aromatic heterocycles. The van der Waals surface area contributed by atoms with Gasteiger partial charge in [0.25, 0.3) is 0 Å². The van der Waals surface area contributed by atoms with E-state index in [0.717, 1.165) is 0 Å². The Balaban J connectivity index is 2.33. The van der Waals surface area contributed by atoms with Crippen molar-refractivity contribution in [2.45, 2.75) is 38.8 Å². The Morgan fingerprint density at radius 2 is 2.11 bits per heavy atom. The average molecular weight is 126 g/mol. The molecule has 1 heterocycles. The topological polar surface area (TPSA) is 3.01 Å². The highest BCUT2D eigenvalue weighted by Gasteiger charge is 2.44. The predicted octanol–water partition coefficient (Wildman–Crippen LogP) is 1.69. The molecule has 1 heteroatoms. The van der Waals surface area contributed by atoms with Crippen LogP contribution < -0.4 is 0 Å². The van der Waals surface area contributed by atoms with E-state index in [-0.39, 0.29) is 0 Å². The van der Waals surface area contributed by atoms with E-state index >= 15 is 0 Å². The fraction of sp³-hybridized carbons (Fsp3) is 0.875. The van der Waals surface area contributed by atoms with Crippen LogP contribution in [0.25, 0.3) is 0 Å². The van der Waals surface area contributed by atoms with Gasteiger partial charge < -0.3 is 0 Å². The quantitative estimate of drug-likeness (QED) is 0.509. The van der Waals surface area contributed by atoms with E-state index in [1.165, 1.54) is 13.0 Å². The van der Waals surface area contributed by atoms with E-state index in [9.17, 15) is 0 Å². The second-order valence-electron chi connectivity index (χ2n) is 3.50. The first-order valence-corrected chi connectivity index (χ1v) is 3.68. The van der Waals surface area contributed by atoms with Gasteiger partial charge in [-0.3, -0.25) is 4.90 Å². The molecule has 53 valence electrons. The van der Waals surface area contributed by atoms with Crippen molar-refractivity contribution in [1.82, 2.24) is 4.90 Å². The molecule has 9 heavy (non-hydrogen) atoms. The van der Waals surface area contributed by atoms with Crippen molar-refractivity contribution in [3.8, 4) is 0 Å². The molecule has 0 spiro atoms. The zero-order valence-corrected chi connectivity index (χ0v) is 6.65. The zero-order valence-electron chi connectivity index (χ0n) is 6.65. The summed E-state index contributed by atoms with van der Waals surface area (Å²) in [5.41, 5.74) is 0.461. The van der Waals surface area contributed by atoms with Crippen LogP contribution in [0.15, 0.2) is 0 Å². The van der Waals surface area contributed by atoms with Gasteiger partial charge in [-0.05, 0) is 27.2 Å². The Bertz CT molecular complexity index is 107. The van der Waals surface area contributed by atoms with Crippen molar-refractivity contribution >= 4 is 0 Å². The molecule has 0 N–H and O–H groups in total. The van der Waals surface area contributed by atoms with Crippen LogP contribution in [0.4, 0.5) is 0 Å². The second kappa shape index (κ2) is 1.98. The predicted molar refractivity (Wildman–Crippen MR) is 40.2 cm³/mol.